The SMILES string of the molecule is CCC(Br)C(=O)N[C@@H](C)c1ccncc1. The van der Waals surface area contributed by atoms with Crippen LogP contribution in [0.15, 0.2) is 24.5 Å². The lowest BCUT2D eigenvalue weighted by atomic mass is 10.1. The molecule has 1 unspecified atom stereocenters. The summed E-state index contributed by atoms with van der Waals surface area (Å²) in [6, 6.07) is 3.83. The second kappa shape index (κ2) is 5.85. The van der Waals surface area contributed by atoms with Gasteiger partial charge in [-0.05, 0) is 31.0 Å². The van der Waals surface area contributed by atoms with Crippen molar-refractivity contribution >= 4 is 21.8 Å². The Morgan fingerprint density at radius 1 is 1.53 bits per heavy atom. The van der Waals surface area contributed by atoms with Crippen LogP contribution in [0.3, 0.4) is 0 Å². The molecule has 0 spiro atoms. The van der Waals surface area contributed by atoms with Crippen LogP contribution in [0.1, 0.15) is 31.9 Å². The number of hydrogen-bond acceptors (Lipinski definition) is 2. The van der Waals surface area contributed by atoms with Crippen LogP contribution in [-0.2, 0) is 4.79 Å². The Hall–Kier alpha value is -0.900. The molecule has 0 saturated heterocycles. The van der Waals surface area contributed by atoms with E-state index in [1.54, 1.807) is 12.4 Å². The Morgan fingerprint density at radius 2 is 2.13 bits per heavy atom. The third kappa shape index (κ3) is 3.63. The largest absolute Gasteiger partial charge is 0.349 e. The van der Waals surface area contributed by atoms with E-state index in [0.717, 1.165) is 12.0 Å². The topological polar surface area (TPSA) is 42.0 Å². The average molecular weight is 271 g/mol. The molecule has 1 amide bonds. The maximum Gasteiger partial charge on any atom is 0.234 e. The number of halogens is 1. The van der Waals surface area contributed by atoms with Crippen LogP contribution in [0.2, 0.25) is 0 Å². The third-order valence-corrected chi connectivity index (χ3v) is 3.27. The molecule has 0 fully saturated rings. The first-order chi connectivity index (χ1) is 7.15. The zero-order valence-electron chi connectivity index (χ0n) is 8.90. The number of carbonyl (C=O) groups excluding carboxylic acids is 1. The highest BCUT2D eigenvalue weighted by Crippen LogP contribution is 2.12. The number of nitrogens with zero attached hydrogens (tertiary/aromatic N) is 1. The van der Waals surface area contributed by atoms with E-state index >= 15 is 0 Å². The van der Waals surface area contributed by atoms with Crippen molar-refractivity contribution < 1.29 is 4.79 Å². The molecule has 3 nitrogen and oxygen atoms in total. The number of hydrogen-bond donors (Lipinski definition) is 1. The van der Waals surface area contributed by atoms with Crippen molar-refractivity contribution in [1.29, 1.82) is 0 Å². The van der Waals surface area contributed by atoms with Gasteiger partial charge in [0.05, 0.1) is 10.9 Å². The molecule has 2 atom stereocenters. The highest BCUT2D eigenvalue weighted by atomic mass is 79.9. The van der Waals surface area contributed by atoms with Crippen LogP contribution >= 0.6 is 15.9 Å². The minimum absolute atomic E-state index is 0.0205. The first-order valence-corrected chi connectivity index (χ1v) is 5.91. The van der Waals surface area contributed by atoms with E-state index in [1.165, 1.54) is 0 Å². The molecule has 1 rings (SSSR count). The van der Waals surface area contributed by atoms with Gasteiger partial charge < -0.3 is 5.32 Å². The van der Waals surface area contributed by atoms with E-state index in [0.29, 0.717) is 0 Å². The molecule has 1 aromatic heterocycles. The summed E-state index contributed by atoms with van der Waals surface area (Å²) in [7, 11) is 0. The molecule has 0 saturated carbocycles. The fraction of sp³-hybridized carbons (Fsp3) is 0.455. The van der Waals surface area contributed by atoms with Gasteiger partial charge in [-0.1, -0.05) is 22.9 Å². The van der Waals surface area contributed by atoms with Gasteiger partial charge in [0.2, 0.25) is 5.91 Å². The number of rotatable bonds is 4. The van der Waals surface area contributed by atoms with Crippen molar-refractivity contribution in [3.05, 3.63) is 30.1 Å². The van der Waals surface area contributed by atoms with Crippen LogP contribution in [0.5, 0.6) is 0 Å². The molecule has 0 aliphatic heterocycles. The quantitative estimate of drug-likeness (QED) is 0.854. The van der Waals surface area contributed by atoms with E-state index in [4.69, 9.17) is 0 Å². The molecule has 1 heterocycles. The second-order valence-electron chi connectivity index (χ2n) is 3.39. The molecular weight excluding hydrogens is 256 g/mol. The second-order valence-corrected chi connectivity index (χ2v) is 4.49. The number of carbonyl (C=O) groups is 1. The number of nitrogens with one attached hydrogen (secondary N) is 1. The van der Waals surface area contributed by atoms with E-state index in [9.17, 15) is 4.79 Å². The predicted molar refractivity (Wildman–Crippen MR) is 63.8 cm³/mol. The lowest BCUT2D eigenvalue weighted by molar-refractivity contribution is -0.121. The summed E-state index contributed by atoms with van der Waals surface area (Å²) in [6.45, 7) is 3.93. The third-order valence-electron chi connectivity index (χ3n) is 2.21. The fourth-order valence-electron chi connectivity index (χ4n) is 1.22. The van der Waals surface area contributed by atoms with E-state index < -0.39 is 0 Å². The van der Waals surface area contributed by atoms with E-state index in [-0.39, 0.29) is 16.8 Å². The first-order valence-electron chi connectivity index (χ1n) is 4.99. The van der Waals surface area contributed by atoms with Crippen molar-refractivity contribution in [2.45, 2.75) is 31.1 Å². The van der Waals surface area contributed by atoms with Gasteiger partial charge in [0.25, 0.3) is 0 Å². The zero-order valence-corrected chi connectivity index (χ0v) is 10.5. The first kappa shape index (κ1) is 12.2. The van der Waals surface area contributed by atoms with Gasteiger partial charge in [-0.25, -0.2) is 0 Å². The summed E-state index contributed by atoms with van der Waals surface area (Å²) in [6.07, 6.45) is 4.24. The Morgan fingerprint density at radius 3 is 2.67 bits per heavy atom. The maximum atomic E-state index is 11.6. The average Bonchev–Trinajstić information content (AvgIpc) is 2.29. The van der Waals surface area contributed by atoms with Gasteiger partial charge in [-0.2, -0.15) is 0 Å². The number of amides is 1. The molecule has 0 aromatic carbocycles. The number of alkyl halides is 1. The number of pyridine rings is 1. The minimum Gasteiger partial charge on any atom is -0.349 e. The molecule has 15 heavy (non-hydrogen) atoms. The van der Waals surface area contributed by atoms with Crippen LogP contribution in [0, 0.1) is 0 Å². The van der Waals surface area contributed by atoms with E-state index in [2.05, 4.69) is 26.2 Å². The van der Waals surface area contributed by atoms with Crippen molar-refractivity contribution in [3.63, 3.8) is 0 Å². The monoisotopic (exact) mass is 270 g/mol. The van der Waals surface area contributed by atoms with Gasteiger partial charge in [-0.15, -0.1) is 0 Å². The van der Waals surface area contributed by atoms with Crippen molar-refractivity contribution in [1.82, 2.24) is 10.3 Å². The van der Waals surface area contributed by atoms with Crippen LogP contribution in [0.4, 0.5) is 0 Å². The Balaban J connectivity index is 2.56. The molecule has 0 aliphatic carbocycles. The standard InChI is InChI=1S/C11H15BrN2O/c1-3-10(12)11(15)14-8(2)9-4-6-13-7-5-9/h4-8,10H,3H2,1-2H3,(H,14,15)/t8-,10?/m0/s1. The van der Waals surface area contributed by atoms with Crippen molar-refractivity contribution in [3.8, 4) is 0 Å². The highest BCUT2D eigenvalue weighted by Gasteiger charge is 2.15. The highest BCUT2D eigenvalue weighted by molar-refractivity contribution is 9.10. The van der Waals surface area contributed by atoms with Crippen molar-refractivity contribution in [2.75, 3.05) is 0 Å². The normalized spacial score (nSPS) is 14.3. The van der Waals surface area contributed by atoms with Gasteiger partial charge in [0.15, 0.2) is 0 Å². The van der Waals surface area contributed by atoms with Crippen LogP contribution < -0.4 is 5.32 Å². The Labute approximate surface area is 98.4 Å². The Bertz CT molecular complexity index is 316. The summed E-state index contributed by atoms with van der Waals surface area (Å²) in [4.78, 5) is 15.4. The van der Waals surface area contributed by atoms with Gasteiger partial charge >= 0.3 is 0 Å². The van der Waals surface area contributed by atoms with E-state index in [1.807, 2.05) is 26.0 Å². The van der Waals surface area contributed by atoms with Crippen molar-refractivity contribution in [2.24, 2.45) is 0 Å². The molecule has 4 heteroatoms. The zero-order chi connectivity index (χ0) is 11.3. The fourth-order valence-corrected chi connectivity index (χ4v) is 1.36. The molecule has 1 aromatic rings. The lowest BCUT2D eigenvalue weighted by Gasteiger charge is -2.16. The minimum atomic E-state index is -0.109. The smallest absolute Gasteiger partial charge is 0.234 e. The Kier molecular flexibility index (Phi) is 4.75. The molecular formula is C11H15BrN2O. The molecule has 0 bridgehead atoms. The molecule has 0 aliphatic rings. The molecule has 82 valence electrons. The van der Waals surface area contributed by atoms with Gasteiger partial charge in [-0.3, -0.25) is 9.78 Å². The van der Waals surface area contributed by atoms with Gasteiger partial charge in [0, 0.05) is 12.4 Å². The summed E-state index contributed by atoms with van der Waals surface area (Å²) in [5.41, 5.74) is 1.06. The summed E-state index contributed by atoms with van der Waals surface area (Å²) >= 11 is 3.32. The maximum absolute atomic E-state index is 11.6. The number of aromatic nitrogens is 1. The summed E-state index contributed by atoms with van der Waals surface area (Å²) in [5.74, 6) is 0.0295. The lowest BCUT2D eigenvalue weighted by Crippen LogP contribution is -2.32. The summed E-state index contributed by atoms with van der Waals surface area (Å²) < 4.78 is 0. The molecule has 0 radical (unpaired) electrons. The predicted octanol–water partition coefficient (Wildman–Crippen LogP) is 2.43. The molecule has 1 N–H and O–H groups in total. The summed E-state index contributed by atoms with van der Waals surface area (Å²) in [5, 5.41) is 2.93. The van der Waals surface area contributed by atoms with Crippen LogP contribution in [0.25, 0.3) is 0 Å². The van der Waals surface area contributed by atoms with Crippen LogP contribution in [-0.4, -0.2) is 15.7 Å². The van der Waals surface area contributed by atoms with Gasteiger partial charge in [0.1, 0.15) is 0 Å².